The van der Waals surface area contributed by atoms with Crippen LogP contribution in [0.3, 0.4) is 0 Å². The first-order chi connectivity index (χ1) is 21.2. The quantitative estimate of drug-likeness (QED) is 0.172. The molecule has 0 aliphatic carbocycles. The molecule has 6 aromatic carbocycles. The van der Waals surface area contributed by atoms with E-state index < -0.39 is 26.3 Å². The van der Waals surface area contributed by atoms with Gasteiger partial charge in [-0.3, -0.25) is 0 Å². The molecule has 0 aromatic heterocycles. The summed E-state index contributed by atoms with van der Waals surface area (Å²) in [5.74, 6) is -0.225. The van der Waals surface area contributed by atoms with Gasteiger partial charge in [0.25, 0.3) is 0 Å². The minimum absolute atomic E-state index is 0.0201. The number of rotatable bonds is 8. The molecule has 0 aliphatic heterocycles. The third-order valence-corrected chi connectivity index (χ3v) is 9.29. The van der Waals surface area contributed by atoms with Crippen molar-refractivity contribution in [1.29, 1.82) is 0 Å². The maximum Gasteiger partial charge on any atom is 0.339 e. The lowest BCUT2D eigenvalue weighted by molar-refractivity contribution is 0.262. The number of carbonyl (C=O) groups is 1. The van der Waals surface area contributed by atoms with Crippen molar-refractivity contribution in [2.24, 2.45) is 0 Å². The van der Waals surface area contributed by atoms with E-state index in [9.17, 15) is 21.6 Å². The lowest BCUT2D eigenvalue weighted by Crippen LogP contribution is -2.21. The van der Waals surface area contributed by atoms with Crippen LogP contribution in [-0.4, -0.2) is 22.9 Å². The fraction of sp³-hybridized carbons (Fsp3) is 0. The minimum Gasteiger partial charge on any atom is -0.377 e. The Hall–Kier alpha value is -5.39. The van der Waals surface area contributed by atoms with Gasteiger partial charge in [-0.05, 0) is 47.2 Å². The van der Waals surface area contributed by atoms with Gasteiger partial charge >= 0.3 is 26.3 Å². The number of nitrogens with one attached hydrogen (secondary N) is 2. The van der Waals surface area contributed by atoms with Gasteiger partial charge in [-0.25, -0.2) is 4.79 Å². The molecule has 0 radical (unpaired) electrons. The number of amides is 2. The lowest BCUT2D eigenvalue weighted by atomic mass is 10.1. The predicted molar refractivity (Wildman–Crippen MR) is 169 cm³/mol. The van der Waals surface area contributed by atoms with Gasteiger partial charge in [0, 0.05) is 10.8 Å². The van der Waals surface area contributed by atoms with Gasteiger partial charge in [-0.15, -0.1) is 0 Å². The molecule has 9 nitrogen and oxygen atoms in total. The van der Waals surface area contributed by atoms with Crippen molar-refractivity contribution < 1.29 is 30.0 Å². The number of para-hydroxylation sites is 4. The normalized spacial score (nSPS) is 11.6. The van der Waals surface area contributed by atoms with Crippen molar-refractivity contribution in [3.05, 3.63) is 133 Å². The van der Waals surface area contributed by atoms with E-state index in [-0.39, 0.29) is 32.7 Å². The van der Waals surface area contributed by atoms with E-state index >= 15 is 0 Å². The van der Waals surface area contributed by atoms with E-state index in [2.05, 4.69) is 10.6 Å². The monoisotopic (exact) mass is 624 g/mol. The molecule has 2 N–H and O–H groups in total. The molecule has 11 heteroatoms. The Labute approximate surface area is 253 Å². The molecule has 0 fully saturated rings. The number of carbonyl (C=O) groups excluding carboxylic acids is 1. The molecule has 6 aromatic rings. The molecule has 0 spiro atoms. The average molecular weight is 625 g/mol. The van der Waals surface area contributed by atoms with Gasteiger partial charge in [-0.1, -0.05) is 97.1 Å². The van der Waals surface area contributed by atoms with Gasteiger partial charge in [0.15, 0.2) is 11.5 Å². The van der Waals surface area contributed by atoms with Crippen molar-refractivity contribution in [1.82, 2.24) is 0 Å². The van der Waals surface area contributed by atoms with Gasteiger partial charge in [0.2, 0.25) is 0 Å². The van der Waals surface area contributed by atoms with E-state index in [1.807, 2.05) is 0 Å². The molecule has 0 atom stereocenters. The Morgan fingerprint density at radius 3 is 1.27 bits per heavy atom. The van der Waals surface area contributed by atoms with Crippen LogP contribution in [-0.2, 0) is 20.2 Å². The third kappa shape index (κ3) is 5.91. The highest BCUT2D eigenvalue weighted by Gasteiger charge is 2.23. The summed E-state index contributed by atoms with van der Waals surface area (Å²) in [4.78, 5) is 13.0. The Balaban J connectivity index is 1.22. The lowest BCUT2D eigenvalue weighted by Gasteiger charge is -2.15. The molecular weight excluding hydrogens is 601 g/mol. The zero-order chi connectivity index (χ0) is 30.7. The van der Waals surface area contributed by atoms with Crippen LogP contribution in [0.1, 0.15) is 0 Å². The molecule has 0 heterocycles. The molecule has 2 amide bonds. The number of benzene rings is 6. The highest BCUT2D eigenvalue weighted by Crippen LogP contribution is 2.32. The van der Waals surface area contributed by atoms with Crippen LogP contribution in [0, 0.1) is 0 Å². The maximum atomic E-state index is 13.3. The van der Waals surface area contributed by atoms with Crippen LogP contribution < -0.4 is 19.0 Å². The first-order valence-electron chi connectivity index (χ1n) is 13.3. The number of urea groups is 1. The van der Waals surface area contributed by atoms with Gasteiger partial charge in [0.1, 0.15) is 9.79 Å². The number of hydrogen-bond acceptors (Lipinski definition) is 7. The first kappa shape index (κ1) is 28.7. The summed E-state index contributed by atoms with van der Waals surface area (Å²) in [6.45, 7) is 0. The standard InChI is InChI=1S/C33H24N2O7S2/c36-33(34-27-17-5-7-19-29(27)41-43(37,38)31-21-9-13-23-11-1-3-15-25(23)31)35-28-18-6-8-20-30(28)42-44(39,40)32-22-10-14-24-12-2-4-16-26(24)32/h1-22H,(H2,34,35,36). The minimum atomic E-state index is -4.28. The van der Waals surface area contributed by atoms with E-state index in [0.717, 1.165) is 10.8 Å². The molecule has 44 heavy (non-hydrogen) atoms. The first-order valence-corrected chi connectivity index (χ1v) is 16.1. The highest BCUT2D eigenvalue weighted by atomic mass is 32.2. The van der Waals surface area contributed by atoms with E-state index in [4.69, 9.17) is 8.37 Å². The third-order valence-electron chi connectivity index (χ3n) is 6.71. The molecule has 6 rings (SSSR count). The summed E-state index contributed by atoms with van der Waals surface area (Å²) in [6.07, 6.45) is 0. The average Bonchev–Trinajstić information content (AvgIpc) is 3.02. The van der Waals surface area contributed by atoms with Crippen LogP contribution in [0.25, 0.3) is 21.5 Å². The Morgan fingerprint density at radius 1 is 0.455 bits per heavy atom. The molecule has 220 valence electrons. The summed E-state index contributed by atoms with van der Waals surface area (Å²) >= 11 is 0. The predicted octanol–water partition coefficient (Wildman–Crippen LogP) is 7.17. The SMILES string of the molecule is O=C(Nc1ccccc1OS(=O)(=O)c1cccc2ccccc12)Nc1ccccc1OS(=O)(=O)c1cccc2ccccc12. The van der Waals surface area contributed by atoms with Crippen LogP contribution in [0.2, 0.25) is 0 Å². The molecule has 0 bridgehead atoms. The Morgan fingerprint density at radius 2 is 0.818 bits per heavy atom. The Kier molecular flexibility index (Phi) is 7.64. The Bertz CT molecular complexity index is 2080. The number of hydrogen-bond donors (Lipinski definition) is 2. The molecule has 0 saturated heterocycles. The largest absolute Gasteiger partial charge is 0.377 e. The van der Waals surface area contributed by atoms with Gasteiger partial charge in [0.05, 0.1) is 11.4 Å². The summed E-state index contributed by atoms with van der Waals surface area (Å²) in [7, 11) is -8.57. The van der Waals surface area contributed by atoms with Crippen LogP contribution >= 0.6 is 0 Å². The second kappa shape index (κ2) is 11.7. The zero-order valence-corrected chi connectivity index (χ0v) is 24.5. The van der Waals surface area contributed by atoms with E-state index in [0.29, 0.717) is 10.8 Å². The van der Waals surface area contributed by atoms with Crippen LogP contribution in [0.5, 0.6) is 11.5 Å². The summed E-state index contributed by atoms with van der Waals surface area (Å²) in [5.41, 5.74) is 0.131. The van der Waals surface area contributed by atoms with Crippen molar-refractivity contribution in [3.63, 3.8) is 0 Å². The molecular formula is C33H24N2O7S2. The topological polar surface area (TPSA) is 128 Å². The van der Waals surface area contributed by atoms with Crippen LogP contribution in [0.4, 0.5) is 16.2 Å². The van der Waals surface area contributed by atoms with Crippen molar-refractivity contribution in [2.45, 2.75) is 9.79 Å². The van der Waals surface area contributed by atoms with Crippen molar-refractivity contribution >= 4 is 59.2 Å². The zero-order valence-electron chi connectivity index (χ0n) is 22.9. The highest BCUT2D eigenvalue weighted by molar-refractivity contribution is 7.87. The number of anilines is 2. The van der Waals surface area contributed by atoms with Crippen molar-refractivity contribution in [3.8, 4) is 11.5 Å². The smallest absolute Gasteiger partial charge is 0.339 e. The second-order valence-corrected chi connectivity index (χ2v) is 12.6. The summed E-state index contributed by atoms with van der Waals surface area (Å²) < 4.78 is 64.1. The number of fused-ring (bicyclic) bond motifs is 2. The molecule has 0 unspecified atom stereocenters. The maximum absolute atomic E-state index is 13.3. The summed E-state index contributed by atoms with van der Waals surface area (Å²) in [6, 6.07) is 35.1. The fourth-order valence-corrected chi connectivity index (χ4v) is 7.06. The van der Waals surface area contributed by atoms with Gasteiger partial charge < -0.3 is 19.0 Å². The second-order valence-electron chi connectivity index (χ2n) is 9.60. The molecule has 0 saturated carbocycles. The van der Waals surface area contributed by atoms with Gasteiger partial charge in [-0.2, -0.15) is 16.8 Å². The van der Waals surface area contributed by atoms with Crippen LogP contribution in [0.15, 0.2) is 143 Å². The van der Waals surface area contributed by atoms with E-state index in [1.54, 1.807) is 97.1 Å². The van der Waals surface area contributed by atoms with Crippen molar-refractivity contribution in [2.75, 3.05) is 10.6 Å². The molecule has 0 aliphatic rings. The van der Waals surface area contributed by atoms with E-state index in [1.165, 1.54) is 36.4 Å². The fourth-order valence-electron chi connectivity index (χ4n) is 4.71. The summed E-state index contributed by atoms with van der Waals surface area (Å²) in [5, 5.41) is 7.59.